The Morgan fingerprint density at radius 2 is 0.402 bits per heavy atom. The molecule has 2 heterocycles. The zero-order valence-electron chi connectivity index (χ0n) is 43.4. The van der Waals surface area contributed by atoms with Gasteiger partial charge in [-0.15, -0.1) is 10.9 Å². The first-order chi connectivity index (χ1) is 39.2. The molecule has 0 fully saturated rings. The van der Waals surface area contributed by atoms with Gasteiger partial charge in [0.2, 0.25) is 0 Å². The Hall–Kier alpha value is -7.29. The summed E-state index contributed by atoms with van der Waals surface area (Å²) in [4.78, 5) is 0. The van der Waals surface area contributed by atoms with Crippen LogP contribution in [0.1, 0.15) is 0 Å². The highest BCUT2D eigenvalue weighted by Gasteiger charge is 2.28. The Kier molecular flexibility index (Phi) is 11.1. The summed E-state index contributed by atoms with van der Waals surface area (Å²) >= 11 is 0. The lowest BCUT2D eigenvalue weighted by atomic mass is 9.58. The lowest BCUT2D eigenvalue weighted by Gasteiger charge is -2.29. The van der Waals surface area contributed by atoms with Crippen LogP contribution in [0.3, 0.4) is 0 Å². The Balaban J connectivity index is 0.856. The zero-order chi connectivity index (χ0) is 57.3. The van der Waals surface area contributed by atoms with E-state index in [1.54, 1.807) is 0 Å². The van der Waals surface area contributed by atoms with Crippen molar-refractivity contribution in [2.45, 2.75) is 0 Å². The predicted molar refractivity (Wildman–Crippen MR) is 367 cm³/mol. The van der Waals surface area contributed by atoms with Gasteiger partial charge in [0.05, 0.1) is 0 Å². The second-order valence-corrected chi connectivity index (χ2v) is 21.3. The van der Waals surface area contributed by atoms with Crippen molar-refractivity contribution in [3.05, 3.63) is 97.1 Å². The first kappa shape index (κ1) is 51.6. The van der Waals surface area contributed by atoms with Gasteiger partial charge >= 0.3 is 0 Å². The van der Waals surface area contributed by atoms with Gasteiger partial charge in [-0.1, -0.05) is 130 Å². The molecule has 0 amide bonds. The van der Waals surface area contributed by atoms with Crippen molar-refractivity contribution >= 4 is 348 Å². The zero-order valence-corrected chi connectivity index (χ0v) is 43.4. The van der Waals surface area contributed by atoms with Crippen LogP contribution in [-0.2, 0) is 0 Å². The molecule has 20 heteroatoms. The molecule has 15 aromatic rings. The molecule has 330 valence electrons. The van der Waals surface area contributed by atoms with Crippen LogP contribution in [-0.4, -0.2) is 141 Å². The molecule has 0 unspecified atom stereocenters. The van der Waals surface area contributed by atoms with Crippen LogP contribution in [0.25, 0.3) is 153 Å². The topological polar surface area (TPSA) is 26.3 Å². The molecule has 0 saturated heterocycles. The van der Waals surface area contributed by atoms with Crippen LogP contribution in [0.15, 0.2) is 106 Å². The molecule has 0 spiro atoms. The number of hydrogen-bond acceptors (Lipinski definition) is 2. The van der Waals surface area contributed by atoms with E-state index >= 15 is 0 Å². The highest BCUT2D eigenvalue weighted by Crippen LogP contribution is 2.41. The third-order valence-corrected chi connectivity index (χ3v) is 17.3. The summed E-state index contributed by atoms with van der Waals surface area (Å²) in [6.45, 7) is 0. The molecule has 2 aromatic heterocycles. The molecular weight excluding hydrogens is 971 g/mol. The molecule has 0 aliphatic carbocycles. The number of benzene rings is 13. The quantitative estimate of drug-likeness (QED) is 0.134. The molecule has 0 N–H and O–H groups in total. The van der Waals surface area contributed by atoms with Crippen molar-refractivity contribution in [3.8, 4) is 44.5 Å². The van der Waals surface area contributed by atoms with Crippen molar-refractivity contribution in [1.29, 1.82) is 0 Å². The van der Waals surface area contributed by atoms with Crippen molar-refractivity contribution in [1.82, 2.24) is 0 Å². The second kappa shape index (κ2) is 17.6. The maximum absolute atomic E-state index is 7.02. The van der Waals surface area contributed by atoms with Gasteiger partial charge < -0.3 is 8.83 Å². The Morgan fingerprint density at radius 3 is 0.707 bits per heavy atom. The van der Waals surface area contributed by atoms with Gasteiger partial charge in [-0.25, -0.2) is 0 Å². The molecule has 15 rings (SSSR count). The van der Waals surface area contributed by atoms with Gasteiger partial charge in [-0.3, -0.25) is 0 Å². The average molecular weight is 987 g/mol. The van der Waals surface area contributed by atoms with E-state index in [0.717, 1.165) is 43.8 Å². The molecule has 13 aromatic carbocycles. The lowest BCUT2D eigenvalue weighted by molar-refractivity contribution is 0.668. The third kappa shape index (κ3) is 6.56. The molecule has 36 radical (unpaired) electrons. The van der Waals surface area contributed by atoms with Gasteiger partial charge in [-0.2, -0.15) is 0 Å². The standard InChI is InChI=1S/C62H16B18O2/c63-45-31(37-33-35-41(51(69)47(37)65)57(75)61(79)59(77)43(35)55(73)53(71)39(33)49(45)67)21-6-10-29-25(15-21)23-13-19(4-8-27(23)81-29)17-2-1-3-18(12-17)20-5-9-28-24(14-20)26-16-22(7-11-30(26)82-28)32-38-34-36-42(52(70)48(38)66)58(76)62(80)60(78)44(36)56(74)54(72)40(34)50(68)46(32)64/h1-16H. The van der Waals surface area contributed by atoms with Gasteiger partial charge in [-0.05, 0) is 164 Å². The molecule has 0 bridgehead atoms. The van der Waals surface area contributed by atoms with Gasteiger partial charge in [0, 0.05) is 21.5 Å². The van der Waals surface area contributed by atoms with Crippen LogP contribution in [0.2, 0.25) is 0 Å². The Morgan fingerprint density at radius 1 is 0.183 bits per heavy atom. The second-order valence-electron chi connectivity index (χ2n) is 21.3. The van der Waals surface area contributed by atoms with Crippen LogP contribution < -0.4 is 98.3 Å². The minimum atomic E-state index is 0.111. The summed E-state index contributed by atoms with van der Waals surface area (Å²) in [5.74, 6) is 0. The van der Waals surface area contributed by atoms with E-state index in [-0.39, 0.29) is 98.3 Å². The fourth-order valence-corrected chi connectivity index (χ4v) is 13.2. The van der Waals surface area contributed by atoms with E-state index in [0.29, 0.717) is 109 Å². The first-order valence-electron chi connectivity index (χ1n) is 25.8. The number of furan rings is 2. The maximum Gasteiger partial charge on any atom is 0.135 e. The van der Waals surface area contributed by atoms with E-state index in [1.165, 1.54) is 0 Å². The molecule has 0 saturated carbocycles. The van der Waals surface area contributed by atoms with Crippen LogP contribution in [0, 0.1) is 0 Å². The molecule has 0 atom stereocenters. The van der Waals surface area contributed by atoms with Crippen molar-refractivity contribution in [2.24, 2.45) is 0 Å². The molecule has 2 nitrogen and oxygen atoms in total. The summed E-state index contributed by atoms with van der Waals surface area (Å²) in [5, 5.41) is 8.93. The van der Waals surface area contributed by atoms with Crippen LogP contribution >= 0.6 is 0 Å². The van der Waals surface area contributed by atoms with Crippen molar-refractivity contribution < 1.29 is 8.83 Å². The highest BCUT2D eigenvalue weighted by molar-refractivity contribution is 6.77. The normalized spacial score (nSPS) is 12.3. The highest BCUT2D eigenvalue weighted by atomic mass is 16.3. The van der Waals surface area contributed by atoms with Gasteiger partial charge in [0.1, 0.15) is 164 Å². The van der Waals surface area contributed by atoms with E-state index in [2.05, 4.69) is 30.3 Å². The number of rotatable bonds is 4. The molecule has 0 aliphatic rings. The van der Waals surface area contributed by atoms with Crippen molar-refractivity contribution in [2.75, 3.05) is 0 Å². The minimum Gasteiger partial charge on any atom is -0.456 e. The maximum atomic E-state index is 7.02. The lowest BCUT2D eigenvalue weighted by Crippen LogP contribution is -2.48. The molecular formula is C62H16B18O2. The van der Waals surface area contributed by atoms with Gasteiger partial charge in [0.25, 0.3) is 0 Å². The third-order valence-electron chi connectivity index (χ3n) is 17.3. The number of hydrogen-bond donors (Lipinski definition) is 0. The molecule has 0 aliphatic heterocycles. The minimum absolute atomic E-state index is 0.111. The van der Waals surface area contributed by atoms with E-state index in [9.17, 15) is 0 Å². The SMILES string of the molecule is [B]c1c([B])c2c([B])c([B])c3c([B])c([B])c(-c4ccc5oc6ccc(-c7cccc(-c8ccc9oc%10ccc(-c%11c([B])c([B])c%12c([B])c([B])c%13c([B])c([B])c([B])c%14c([B])c([B])c%11c%12c%13%14)cc%10c9c8)c7)cc6c5c4)c4c([B])c([B])c(c1[B])c2c34. The Labute approximate surface area is 495 Å². The first-order valence-corrected chi connectivity index (χ1v) is 25.8. The van der Waals surface area contributed by atoms with Crippen LogP contribution in [0.4, 0.5) is 0 Å². The monoisotopic (exact) mass is 990 g/mol. The van der Waals surface area contributed by atoms with Crippen LogP contribution in [0.5, 0.6) is 0 Å². The summed E-state index contributed by atoms with van der Waals surface area (Å²) in [5.41, 5.74) is 12.0. The fourth-order valence-electron chi connectivity index (χ4n) is 13.2. The Bertz CT molecular complexity index is 5120. The summed E-state index contributed by atoms with van der Waals surface area (Å²) < 4.78 is 12.9. The number of fused-ring (bicyclic) bond motifs is 6. The largest absolute Gasteiger partial charge is 0.456 e. The van der Waals surface area contributed by atoms with Gasteiger partial charge in [0.15, 0.2) is 0 Å². The molecule has 82 heavy (non-hydrogen) atoms. The summed E-state index contributed by atoms with van der Waals surface area (Å²) in [7, 11) is 122. The van der Waals surface area contributed by atoms with Crippen molar-refractivity contribution in [3.63, 3.8) is 0 Å². The van der Waals surface area contributed by atoms with E-state index in [1.807, 2.05) is 66.7 Å². The van der Waals surface area contributed by atoms with E-state index < -0.39 is 0 Å². The predicted octanol–water partition coefficient (Wildman–Crippen LogP) is -3.76. The smallest absolute Gasteiger partial charge is 0.135 e. The summed E-state index contributed by atoms with van der Waals surface area (Å²) in [6.07, 6.45) is 0. The van der Waals surface area contributed by atoms with E-state index in [4.69, 9.17) is 150 Å². The fraction of sp³-hybridized carbons (Fsp3) is 0. The average Bonchev–Trinajstić information content (AvgIpc) is 1.42. The summed E-state index contributed by atoms with van der Waals surface area (Å²) in [6, 6.07) is 32.1.